The van der Waals surface area contributed by atoms with E-state index >= 15 is 0 Å². The molecule has 0 aliphatic heterocycles. The molecule has 1 amide bonds. The lowest BCUT2D eigenvalue weighted by molar-refractivity contribution is 0.0990. The number of aryl methyl sites for hydroxylation is 2. The number of aromatic nitrogens is 1. The zero-order valence-corrected chi connectivity index (χ0v) is 17.6. The van der Waals surface area contributed by atoms with E-state index < -0.39 is 0 Å². The Hall–Kier alpha value is -3.18. The van der Waals surface area contributed by atoms with Crippen LogP contribution < -0.4 is 10.6 Å². The fraction of sp³-hybridized carbons (Fsp3) is 0.167. The van der Waals surface area contributed by atoms with Gasteiger partial charge in [-0.3, -0.25) is 4.79 Å². The van der Waals surface area contributed by atoms with Crippen molar-refractivity contribution in [1.82, 2.24) is 4.98 Å². The van der Waals surface area contributed by atoms with Crippen molar-refractivity contribution in [1.29, 1.82) is 0 Å². The number of nitrogens with two attached hydrogens (primary N) is 1. The lowest BCUT2D eigenvalue weighted by Gasteiger charge is -2.23. The monoisotopic (exact) mass is 401 g/mol. The minimum absolute atomic E-state index is 0.102. The molecule has 5 heteroatoms. The number of thiophene rings is 1. The van der Waals surface area contributed by atoms with Crippen molar-refractivity contribution in [2.24, 2.45) is 0 Å². The number of rotatable bonds is 4. The molecule has 0 radical (unpaired) electrons. The van der Waals surface area contributed by atoms with Crippen LogP contribution in [0.4, 0.5) is 11.4 Å². The van der Waals surface area contributed by atoms with E-state index in [1.165, 1.54) is 11.3 Å². The molecule has 2 heterocycles. The molecule has 0 aliphatic rings. The first-order valence-corrected chi connectivity index (χ1v) is 10.4. The number of anilines is 2. The predicted octanol–water partition coefficient (Wildman–Crippen LogP) is 5.65. The van der Waals surface area contributed by atoms with Crippen molar-refractivity contribution in [3.05, 3.63) is 87.9 Å². The quantitative estimate of drug-likeness (QED) is 0.481. The van der Waals surface area contributed by atoms with Gasteiger partial charge in [-0.1, -0.05) is 48.5 Å². The number of benzene rings is 2. The van der Waals surface area contributed by atoms with E-state index in [2.05, 4.69) is 4.98 Å². The molecule has 4 rings (SSSR count). The summed E-state index contributed by atoms with van der Waals surface area (Å²) in [7, 11) is 0. The van der Waals surface area contributed by atoms with Crippen LogP contribution in [-0.2, 0) is 6.54 Å². The average Bonchev–Trinajstić information content (AvgIpc) is 3.07. The molecular weight excluding hydrogens is 378 g/mol. The zero-order valence-electron chi connectivity index (χ0n) is 16.8. The summed E-state index contributed by atoms with van der Waals surface area (Å²) < 4.78 is 0. The van der Waals surface area contributed by atoms with E-state index in [1.807, 2.05) is 81.4 Å². The van der Waals surface area contributed by atoms with Crippen molar-refractivity contribution in [3.8, 4) is 0 Å². The minimum atomic E-state index is -0.102. The summed E-state index contributed by atoms with van der Waals surface area (Å²) in [4.78, 5) is 21.5. The number of nitrogen functional groups attached to an aromatic ring is 1. The van der Waals surface area contributed by atoms with Crippen LogP contribution in [0.1, 0.15) is 32.1 Å². The summed E-state index contributed by atoms with van der Waals surface area (Å²) in [6.07, 6.45) is 0. The Labute approximate surface area is 174 Å². The van der Waals surface area contributed by atoms with Crippen LogP contribution in [0.3, 0.4) is 0 Å². The molecular formula is C24H23N3OS. The summed E-state index contributed by atoms with van der Waals surface area (Å²) in [5.74, 6) is -0.102. The zero-order chi connectivity index (χ0) is 20.5. The lowest BCUT2D eigenvalue weighted by atomic mass is 10.1. The van der Waals surface area contributed by atoms with Crippen LogP contribution in [0.2, 0.25) is 0 Å². The molecule has 2 aromatic carbocycles. The molecule has 2 aromatic heterocycles. The number of para-hydroxylation sites is 1. The predicted molar refractivity (Wildman–Crippen MR) is 122 cm³/mol. The van der Waals surface area contributed by atoms with Gasteiger partial charge in [0.05, 0.1) is 12.2 Å². The van der Waals surface area contributed by atoms with E-state index in [0.29, 0.717) is 17.1 Å². The van der Waals surface area contributed by atoms with Crippen LogP contribution >= 0.6 is 11.3 Å². The molecule has 0 saturated carbocycles. The average molecular weight is 402 g/mol. The van der Waals surface area contributed by atoms with Gasteiger partial charge in [-0.15, -0.1) is 11.3 Å². The molecule has 0 fully saturated rings. The molecule has 0 bridgehead atoms. The third-order valence-electron chi connectivity index (χ3n) is 5.37. The van der Waals surface area contributed by atoms with Gasteiger partial charge in [0.1, 0.15) is 9.71 Å². The summed E-state index contributed by atoms with van der Waals surface area (Å²) in [6.45, 7) is 6.55. The molecule has 0 aliphatic carbocycles. The Bertz CT molecular complexity index is 1180. The van der Waals surface area contributed by atoms with Crippen molar-refractivity contribution in [3.63, 3.8) is 0 Å². The fourth-order valence-electron chi connectivity index (χ4n) is 3.50. The Balaban J connectivity index is 1.82. The van der Waals surface area contributed by atoms with Gasteiger partial charge in [0, 0.05) is 16.8 Å². The van der Waals surface area contributed by atoms with Crippen LogP contribution in [0.25, 0.3) is 10.2 Å². The van der Waals surface area contributed by atoms with Gasteiger partial charge in [-0.2, -0.15) is 0 Å². The molecule has 2 N–H and O–H groups in total. The summed E-state index contributed by atoms with van der Waals surface area (Å²) in [6, 6.07) is 19.7. The van der Waals surface area contributed by atoms with Gasteiger partial charge in [0.15, 0.2) is 0 Å². The highest BCUT2D eigenvalue weighted by molar-refractivity contribution is 7.21. The normalized spacial score (nSPS) is 11.0. The number of amides is 1. The van der Waals surface area contributed by atoms with Gasteiger partial charge in [0.25, 0.3) is 5.91 Å². The largest absolute Gasteiger partial charge is 0.397 e. The van der Waals surface area contributed by atoms with Crippen LogP contribution in [-0.4, -0.2) is 10.9 Å². The number of fused-ring (bicyclic) bond motifs is 1. The second-order valence-corrected chi connectivity index (χ2v) is 8.18. The summed E-state index contributed by atoms with van der Waals surface area (Å²) in [5.41, 5.74) is 12.1. The number of hydrogen-bond acceptors (Lipinski definition) is 4. The Kier molecular flexibility index (Phi) is 5.07. The smallest absolute Gasteiger partial charge is 0.270 e. The van der Waals surface area contributed by atoms with Crippen LogP contribution in [0, 0.1) is 20.8 Å². The maximum atomic E-state index is 13.6. The van der Waals surface area contributed by atoms with Crippen LogP contribution in [0.15, 0.2) is 60.7 Å². The van der Waals surface area contributed by atoms with Crippen molar-refractivity contribution >= 4 is 38.8 Å². The second kappa shape index (κ2) is 7.68. The van der Waals surface area contributed by atoms with Crippen molar-refractivity contribution in [2.75, 3.05) is 10.6 Å². The maximum absolute atomic E-state index is 13.6. The van der Waals surface area contributed by atoms with Gasteiger partial charge in [-0.05, 0) is 49.6 Å². The molecule has 0 atom stereocenters. The molecule has 146 valence electrons. The SMILES string of the molecule is Cc1nc2sc(C(=O)N(Cc3ccccc3)c3ccccc3)c(N)c2c(C)c1C. The highest BCUT2D eigenvalue weighted by Gasteiger charge is 2.25. The highest BCUT2D eigenvalue weighted by atomic mass is 32.1. The molecule has 0 saturated heterocycles. The van der Waals surface area contributed by atoms with Crippen LogP contribution in [0.5, 0.6) is 0 Å². The van der Waals surface area contributed by atoms with E-state index in [4.69, 9.17) is 5.73 Å². The Morgan fingerprint density at radius 3 is 2.24 bits per heavy atom. The van der Waals surface area contributed by atoms with E-state index in [9.17, 15) is 4.79 Å². The number of carbonyl (C=O) groups is 1. The molecule has 4 nitrogen and oxygen atoms in total. The first kappa shape index (κ1) is 19.2. The van der Waals surface area contributed by atoms with Gasteiger partial charge < -0.3 is 10.6 Å². The standard InChI is InChI=1S/C24H23N3OS/c1-15-16(2)20-21(25)22(29-23(20)26-17(15)3)24(28)27(19-12-8-5-9-13-19)14-18-10-6-4-7-11-18/h4-13H,14,25H2,1-3H3. The number of pyridine rings is 1. The fourth-order valence-corrected chi connectivity index (χ4v) is 4.65. The topological polar surface area (TPSA) is 59.2 Å². The molecule has 0 unspecified atom stereocenters. The van der Waals surface area contributed by atoms with E-state index in [-0.39, 0.29) is 5.91 Å². The Morgan fingerprint density at radius 1 is 0.966 bits per heavy atom. The number of nitrogens with zero attached hydrogens (tertiary/aromatic N) is 2. The van der Waals surface area contributed by atoms with Gasteiger partial charge in [-0.25, -0.2) is 4.98 Å². The van der Waals surface area contributed by atoms with Crippen molar-refractivity contribution in [2.45, 2.75) is 27.3 Å². The summed E-state index contributed by atoms with van der Waals surface area (Å²) in [5, 5.41) is 0.897. The second-order valence-electron chi connectivity index (χ2n) is 7.18. The van der Waals surface area contributed by atoms with Gasteiger partial charge >= 0.3 is 0 Å². The van der Waals surface area contributed by atoms with E-state index in [1.54, 1.807) is 4.90 Å². The lowest BCUT2D eigenvalue weighted by Crippen LogP contribution is -2.30. The highest BCUT2D eigenvalue weighted by Crippen LogP contribution is 2.38. The third kappa shape index (κ3) is 3.49. The summed E-state index contributed by atoms with van der Waals surface area (Å²) >= 11 is 1.38. The first-order chi connectivity index (χ1) is 14.0. The third-order valence-corrected chi connectivity index (χ3v) is 6.45. The molecule has 4 aromatic rings. The molecule has 0 spiro atoms. The first-order valence-electron chi connectivity index (χ1n) is 9.54. The van der Waals surface area contributed by atoms with Crippen molar-refractivity contribution < 1.29 is 4.79 Å². The minimum Gasteiger partial charge on any atom is -0.397 e. The number of carbonyl (C=O) groups excluding carboxylic acids is 1. The van der Waals surface area contributed by atoms with Gasteiger partial charge in [0.2, 0.25) is 0 Å². The van der Waals surface area contributed by atoms with E-state index in [0.717, 1.165) is 38.3 Å². The Morgan fingerprint density at radius 2 is 1.59 bits per heavy atom. The number of hydrogen-bond donors (Lipinski definition) is 1. The molecule has 29 heavy (non-hydrogen) atoms. The maximum Gasteiger partial charge on any atom is 0.270 e.